The predicted molar refractivity (Wildman–Crippen MR) is 40.6 cm³/mol. The van der Waals surface area contributed by atoms with Gasteiger partial charge in [0.15, 0.2) is 0 Å². The molecule has 0 saturated carbocycles. The Balaban J connectivity index is 4.17. The van der Waals surface area contributed by atoms with Crippen LogP contribution in [0.5, 0.6) is 0 Å². The lowest BCUT2D eigenvalue weighted by Crippen LogP contribution is -2.31. The Morgan fingerprint density at radius 1 is 1.50 bits per heavy atom. The van der Waals surface area contributed by atoms with Crippen molar-refractivity contribution < 1.29 is 14.4 Å². The Kier molecular flexibility index (Phi) is 3.49. The Hall–Kier alpha value is -0.450. The van der Waals surface area contributed by atoms with Gasteiger partial charge in [0.05, 0.1) is 10.8 Å². The Morgan fingerprint density at radius 3 is 2.30 bits per heavy atom. The van der Waals surface area contributed by atoms with Gasteiger partial charge in [-0.25, -0.2) is 0 Å². The van der Waals surface area contributed by atoms with Crippen LogP contribution in [0.3, 0.4) is 0 Å². The van der Waals surface area contributed by atoms with Crippen LogP contribution in [-0.4, -0.2) is 25.3 Å². The van der Waals surface area contributed by atoms with Crippen molar-refractivity contribution in [1.82, 2.24) is 0 Å². The van der Waals surface area contributed by atoms with Crippen molar-refractivity contribution >= 4 is 10.8 Å². The first kappa shape index (κ1) is 9.55. The Labute approximate surface area is 62.1 Å². The molecule has 0 aliphatic rings. The highest BCUT2D eigenvalue weighted by Crippen LogP contribution is 2.06. The van der Waals surface area contributed by atoms with Crippen molar-refractivity contribution in [3.05, 3.63) is 25.3 Å². The van der Waals surface area contributed by atoms with Gasteiger partial charge in [0.1, 0.15) is 0 Å². The van der Waals surface area contributed by atoms with Gasteiger partial charge in [-0.3, -0.25) is 4.21 Å². The van der Waals surface area contributed by atoms with Crippen molar-refractivity contribution in [3.63, 3.8) is 0 Å². The second-order valence-electron chi connectivity index (χ2n) is 1.66. The zero-order valence-electron chi connectivity index (χ0n) is 5.49. The molecule has 3 nitrogen and oxygen atoms in total. The van der Waals surface area contributed by atoms with E-state index in [1.807, 2.05) is 0 Å². The second-order valence-corrected chi connectivity index (χ2v) is 3.29. The van der Waals surface area contributed by atoms with Gasteiger partial charge in [-0.2, -0.15) is 0 Å². The maximum Gasteiger partial charge on any atom is 0.262 e. The molecule has 0 bridgehead atoms. The van der Waals surface area contributed by atoms with Gasteiger partial charge in [-0.05, 0) is 6.08 Å². The molecule has 0 aromatic heterocycles. The summed E-state index contributed by atoms with van der Waals surface area (Å²) in [5, 5.41) is 15.3. The summed E-state index contributed by atoms with van der Waals surface area (Å²) in [4.78, 5) is 0. The lowest BCUT2D eigenvalue weighted by atomic mass is 10.6. The summed E-state index contributed by atoms with van der Waals surface area (Å²) in [6, 6.07) is 0. The number of aliphatic hydroxyl groups is 2. The van der Waals surface area contributed by atoms with Gasteiger partial charge < -0.3 is 10.2 Å². The highest BCUT2D eigenvalue weighted by molar-refractivity contribution is 7.86. The molecule has 2 N–H and O–H groups in total. The number of hydrogen-bond acceptors (Lipinski definition) is 3. The van der Waals surface area contributed by atoms with Crippen LogP contribution < -0.4 is 0 Å². The average Bonchev–Trinajstić information content (AvgIpc) is 1.89. The summed E-state index contributed by atoms with van der Waals surface area (Å²) in [5.74, 6) is 0.0407. The number of hydrogen-bond donors (Lipinski definition) is 2. The molecule has 0 spiro atoms. The SMILES string of the molecule is C=CCS(=O)C(O)(O)C=C. The fourth-order valence-corrected chi connectivity index (χ4v) is 0.968. The zero-order chi connectivity index (χ0) is 8.20. The minimum atomic E-state index is -2.28. The van der Waals surface area contributed by atoms with Crippen LogP contribution in [-0.2, 0) is 10.8 Å². The van der Waals surface area contributed by atoms with E-state index in [4.69, 9.17) is 10.2 Å². The minimum Gasteiger partial charge on any atom is -0.352 e. The Morgan fingerprint density at radius 2 is 2.00 bits per heavy atom. The molecule has 4 heteroatoms. The molecular formula is C6H10O3S. The summed E-state index contributed by atoms with van der Waals surface area (Å²) >= 11 is 0. The van der Waals surface area contributed by atoms with Gasteiger partial charge in [-0.15, -0.1) is 6.58 Å². The normalized spacial score (nSPS) is 14.2. The molecule has 1 atom stereocenters. The van der Waals surface area contributed by atoms with Crippen LogP contribution in [0.4, 0.5) is 0 Å². The fourth-order valence-electron chi connectivity index (χ4n) is 0.323. The topological polar surface area (TPSA) is 57.5 Å². The van der Waals surface area contributed by atoms with Gasteiger partial charge in [0, 0.05) is 5.75 Å². The third-order valence-electron chi connectivity index (χ3n) is 0.870. The molecule has 10 heavy (non-hydrogen) atoms. The standard InChI is InChI=1S/C6H10O3S/c1-3-5-10(9)6(7,8)4-2/h3-4,7-8H,1-2,5H2. The maximum absolute atomic E-state index is 10.8. The molecule has 0 radical (unpaired) electrons. The Bertz CT molecular complexity index is 162. The quantitative estimate of drug-likeness (QED) is 0.442. The van der Waals surface area contributed by atoms with Crippen molar-refractivity contribution in [2.75, 3.05) is 5.75 Å². The first-order valence-corrected chi connectivity index (χ1v) is 3.94. The molecule has 0 rings (SSSR count). The van der Waals surface area contributed by atoms with E-state index in [0.717, 1.165) is 6.08 Å². The molecule has 0 aliphatic heterocycles. The van der Waals surface area contributed by atoms with Gasteiger partial charge in [0.2, 0.25) is 0 Å². The molecule has 58 valence electrons. The van der Waals surface area contributed by atoms with E-state index < -0.39 is 15.9 Å². The molecule has 0 aromatic rings. The summed E-state index contributed by atoms with van der Waals surface area (Å²) in [7, 11) is -1.76. The largest absolute Gasteiger partial charge is 0.352 e. The highest BCUT2D eigenvalue weighted by atomic mass is 32.2. The fraction of sp³-hybridized carbons (Fsp3) is 0.333. The van der Waals surface area contributed by atoms with Crippen LogP contribution in [0.2, 0.25) is 0 Å². The van der Waals surface area contributed by atoms with E-state index in [-0.39, 0.29) is 5.75 Å². The highest BCUT2D eigenvalue weighted by Gasteiger charge is 2.25. The third-order valence-corrected chi connectivity index (χ3v) is 2.25. The smallest absolute Gasteiger partial charge is 0.262 e. The zero-order valence-corrected chi connectivity index (χ0v) is 6.30. The molecule has 0 aliphatic carbocycles. The van der Waals surface area contributed by atoms with E-state index in [2.05, 4.69) is 13.2 Å². The van der Waals surface area contributed by atoms with Gasteiger partial charge in [0.25, 0.3) is 5.12 Å². The van der Waals surface area contributed by atoms with Crippen LogP contribution >= 0.6 is 0 Å². The van der Waals surface area contributed by atoms with Crippen molar-refractivity contribution in [3.8, 4) is 0 Å². The molecular weight excluding hydrogens is 152 g/mol. The van der Waals surface area contributed by atoms with E-state index in [9.17, 15) is 4.21 Å². The average molecular weight is 162 g/mol. The molecule has 1 unspecified atom stereocenters. The van der Waals surface area contributed by atoms with Gasteiger partial charge in [-0.1, -0.05) is 12.7 Å². The van der Waals surface area contributed by atoms with Crippen LogP contribution in [0.1, 0.15) is 0 Å². The maximum atomic E-state index is 10.8. The summed E-state index contributed by atoms with van der Waals surface area (Å²) < 4.78 is 10.8. The minimum absolute atomic E-state index is 0.0407. The first-order chi connectivity index (χ1) is 4.54. The molecule has 0 fully saturated rings. The lowest BCUT2D eigenvalue weighted by molar-refractivity contribution is -0.0373. The monoisotopic (exact) mass is 162 g/mol. The summed E-state index contributed by atoms with van der Waals surface area (Å²) in [6.45, 7) is 6.41. The van der Waals surface area contributed by atoms with Crippen molar-refractivity contribution in [2.45, 2.75) is 5.12 Å². The van der Waals surface area contributed by atoms with E-state index in [1.54, 1.807) is 0 Å². The van der Waals surface area contributed by atoms with Crippen LogP contribution in [0, 0.1) is 0 Å². The van der Waals surface area contributed by atoms with Crippen LogP contribution in [0.25, 0.3) is 0 Å². The third kappa shape index (κ3) is 2.43. The van der Waals surface area contributed by atoms with Gasteiger partial charge >= 0.3 is 0 Å². The van der Waals surface area contributed by atoms with Crippen molar-refractivity contribution in [2.24, 2.45) is 0 Å². The molecule has 0 saturated heterocycles. The second kappa shape index (κ2) is 3.65. The van der Waals surface area contributed by atoms with E-state index in [1.165, 1.54) is 6.08 Å². The number of rotatable bonds is 4. The molecule has 0 aromatic carbocycles. The van der Waals surface area contributed by atoms with Crippen LogP contribution in [0.15, 0.2) is 25.3 Å². The van der Waals surface area contributed by atoms with E-state index >= 15 is 0 Å². The summed E-state index contributed by atoms with van der Waals surface area (Å²) in [6.07, 6.45) is 2.17. The first-order valence-electron chi connectivity index (χ1n) is 2.62. The van der Waals surface area contributed by atoms with E-state index in [0.29, 0.717) is 0 Å². The summed E-state index contributed by atoms with van der Waals surface area (Å²) in [5.41, 5.74) is 0. The predicted octanol–water partition coefficient (Wildman–Crippen LogP) is -0.255. The molecule has 0 amide bonds. The lowest BCUT2D eigenvalue weighted by Gasteiger charge is -2.13. The van der Waals surface area contributed by atoms with Crippen molar-refractivity contribution in [1.29, 1.82) is 0 Å². The molecule has 0 heterocycles.